The number of hydrogen-bond donors (Lipinski definition) is 2. The number of carbonyl (C=O) groups excluding carboxylic acids is 2. The number of alkyl halides is 3. The van der Waals surface area contributed by atoms with Crippen LogP contribution in [0.2, 0.25) is 0 Å². The molecule has 0 aliphatic carbocycles. The minimum atomic E-state index is -4.89. The molecule has 3 aromatic rings. The van der Waals surface area contributed by atoms with Crippen molar-refractivity contribution in [2.24, 2.45) is 5.73 Å². The number of carbonyl (C=O) groups is 2. The standard InChI is InChI=1S/C21H15F3N6O4/c1-10-16(19(32)28-12-4-5-13(18(26)31)27-9-12)20(30-29-17(10)21(22,23)24)34-14-6-3-11(8-25)7-15(14)33-2/h3-7,9H,1-2H3,(H2,26,31)(H,28,32). The lowest BCUT2D eigenvalue weighted by molar-refractivity contribution is -0.142. The third-order valence-electron chi connectivity index (χ3n) is 4.45. The van der Waals surface area contributed by atoms with Crippen LogP contribution in [0.3, 0.4) is 0 Å². The first-order valence-corrected chi connectivity index (χ1v) is 9.32. The number of benzene rings is 1. The van der Waals surface area contributed by atoms with Crippen molar-refractivity contribution in [1.82, 2.24) is 15.2 Å². The van der Waals surface area contributed by atoms with E-state index in [1.54, 1.807) is 0 Å². The monoisotopic (exact) mass is 472 g/mol. The Labute approximate surface area is 190 Å². The van der Waals surface area contributed by atoms with Crippen LogP contribution in [-0.4, -0.2) is 34.1 Å². The van der Waals surface area contributed by atoms with E-state index < -0.39 is 40.7 Å². The molecule has 0 radical (unpaired) electrons. The SMILES string of the molecule is COc1cc(C#N)ccc1Oc1nnc(C(F)(F)F)c(C)c1C(=O)Nc1ccc(C(N)=O)nc1. The van der Waals surface area contributed by atoms with E-state index in [9.17, 15) is 22.8 Å². The predicted molar refractivity (Wildman–Crippen MR) is 110 cm³/mol. The highest BCUT2D eigenvalue weighted by Crippen LogP contribution is 2.37. The summed E-state index contributed by atoms with van der Waals surface area (Å²) in [4.78, 5) is 27.9. The lowest BCUT2D eigenvalue weighted by atomic mass is 10.1. The molecule has 0 aliphatic rings. The highest BCUT2D eigenvalue weighted by molar-refractivity contribution is 6.07. The second-order valence-electron chi connectivity index (χ2n) is 6.68. The number of hydrogen-bond acceptors (Lipinski definition) is 8. The van der Waals surface area contributed by atoms with Crippen LogP contribution in [0.1, 0.15) is 37.7 Å². The third-order valence-corrected chi connectivity index (χ3v) is 4.45. The summed E-state index contributed by atoms with van der Waals surface area (Å²) in [6.07, 6.45) is -3.78. The number of aromatic nitrogens is 3. The van der Waals surface area contributed by atoms with E-state index in [0.29, 0.717) is 0 Å². The number of pyridine rings is 1. The van der Waals surface area contributed by atoms with E-state index >= 15 is 0 Å². The molecule has 2 heterocycles. The molecular formula is C21H15F3N6O4. The van der Waals surface area contributed by atoms with E-state index in [4.69, 9.17) is 20.5 Å². The number of amides is 2. The highest BCUT2D eigenvalue weighted by atomic mass is 19.4. The molecule has 2 amide bonds. The molecule has 10 nitrogen and oxygen atoms in total. The highest BCUT2D eigenvalue weighted by Gasteiger charge is 2.38. The van der Waals surface area contributed by atoms with Crippen LogP contribution in [0.4, 0.5) is 18.9 Å². The fourth-order valence-corrected chi connectivity index (χ4v) is 2.84. The molecule has 0 bridgehead atoms. The zero-order valence-corrected chi connectivity index (χ0v) is 17.6. The van der Waals surface area contributed by atoms with Crippen molar-refractivity contribution in [3.63, 3.8) is 0 Å². The third kappa shape index (κ3) is 5.01. The Morgan fingerprint density at radius 2 is 1.88 bits per heavy atom. The second-order valence-corrected chi connectivity index (χ2v) is 6.68. The number of nitrogens with two attached hydrogens (primary N) is 1. The number of halogens is 3. The van der Waals surface area contributed by atoms with Gasteiger partial charge >= 0.3 is 6.18 Å². The summed E-state index contributed by atoms with van der Waals surface area (Å²) >= 11 is 0. The predicted octanol–water partition coefficient (Wildman–Crippen LogP) is 3.22. The van der Waals surface area contributed by atoms with Gasteiger partial charge in [-0.1, -0.05) is 0 Å². The molecular weight excluding hydrogens is 457 g/mol. The number of primary amides is 1. The molecule has 0 atom stereocenters. The lowest BCUT2D eigenvalue weighted by Gasteiger charge is -2.17. The quantitative estimate of drug-likeness (QED) is 0.554. The van der Waals surface area contributed by atoms with Crippen LogP contribution in [-0.2, 0) is 6.18 Å². The summed E-state index contributed by atoms with van der Waals surface area (Å²) in [6, 6.07) is 8.49. The molecule has 13 heteroatoms. The fourth-order valence-electron chi connectivity index (χ4n) is 2.84. The molecule has 1 aromatic carbocycles. The zero-order chi connectivity index (χ0) is 25.0. The molecule has 0 saturated heterocycles. The molecule has 2 aromatic heterocycles. The summed E-state index contributed by atoms with van der Waals surface area (Å²) in [5.74, 6) is -2.27. The van der Waals surface area contributed by atoms with Gasteiger partial charge in [0.2, 0.25) is 0 Å². The van der Waals surface area contributed by atoms with Gasteiger partial charge in [-0.25, -0.2) is 4.98 Å². The minimum Gasteiger partial charge on any atom is -0.493 e. The van der Waals surface area contributed by atoms with Gasteiger partial charge in [0.05, 0.1) is 30.6 Å². The van der Waals surface area contributed by atoms with Gasteiger partial charge in [-0.3, -0.25) is 9.59 Å². The van der Waals surface area contributed by atoms with Crippen molar-refractivity contribution in [3.05, 3.63) is 64.6 Å². The molecule has 0 saturated carbocycles. The topological polar surface area (TPSA) is 153 Å². The zero-order valence-electron chi connectivity index (χ0n) is 17.6. The molecule has 3 rings (SSSR count). The summed E-state index contributed by atoms with van der Waals surface area (Å²) in [5.41, 5.74) is 2.89. The first kappa shape index (κ1) is 23.9. The summed E-state index contributed by atoms with van der Waals surface area (Å²) in [6.45, 7) is 1.05. The van der Waals surface area contributed by atoms with Gasteiger partial charge < -0.3 is 20.5 Å². The van der Waals surface area contributed by atoms with E-state index in [0.717, 1.165) is 13.1 Å². The maximum Gasteiger partial charge on any atom is 0.435 e. The molecule has 0 aliphatic heterocycles. The minimum absolute atomic E-state index is 0.0171. The van der Waals surface area contributed by atoms with Gasteiger partial charge in [0, 0.05) is 6.07 Å². The molecule has 174 valence electrons. The van der Waals surface area contributed by atoms with Gasteiger partial charge in [-0.2, -0.15) is 18.4 Å². The average molecular weight is 472 g/mol. The number of nitrogens with one attached hydrogen (secondary N) is 1. The van der Waals surface area contributed by atoms with Crippen LogP contribution < -0.4 is 20.5 Å². The number of rotatable bonds is 6. The fraction of sp³-hybridized carbons (Fsp3) is 0.143. The van der Waals surface area contributed by atoms with E-state index in [2.05, 4.69) is 20.5 Å². The molecule has 0 fully saturated rings. The molecule has 34 heavy (non-hydrogen) atoms. The molecule has 3 N–H and O–H groups in total. The number of anilines is 1. The van der Waals surface area contributed by atoms with E-state index in [1.165, 1.54) is 37.4 Å². The Bertz CT molecular complexity index is 1300. The summed E-state index contributed by atoms with van der Waals surface area (Å²) < 4.78 is 51.0. The van der Waals surface area contributed by atoms with Crippen LogP contribution in [0.25, 0.3) is 0 Å². The van der Waals surface area contributed by atoms with Gasteiger partial charge in [0.15, 0.2) is 17.2 Å². The lowest BCUT2D eigenvalue weighted by Crippen LogP contribution is -2.21. The van der Waals surface area contributed by atoms with Crippen molar-refractivity contribution in [1.29, 1.82) is 5.26 Å². The first-order valence-electron chi connectivity index (χ1n) is 9.32. The van der Waals surface area contributed by atoms with Gasteiger partial charge in [0.25, 0.3) is 17.7 Å². The first-order chi connectivity index (χ1) is 16.0. The Morgan fingerprint density at radius 3 is 2.44 bits per heavy atom. The van der Waals surface area contributed by atoms with Crippen molar-refractivity contribution in [2.75, 3.05) is 12.4 Å². The van der Waals surface area contributed by atoms with Gasteiger partial charge in [0.1, 0.15) is 11.3 Å². The van der Waals surface area contributed by atoms with Crippen LogP contribution in [0.5, 0.6) is 17.4 Å². The second kappa shape index (κ2) is 9.41. The van der Waals surface area contributed by atoms with Crippen molar-refractivity contribution in [3.8, 4) is 23.4 Å². The number of nitrogens with zero attached hydrogens (tertiary/aromatic N) is 4. The molecule has 0 unspecified atom stereocenters. The maximum atomic E-state index is 13.4. The van der Waals surface area contributed by atoms with E-state index in [1.807, 2.05) is 6.07 Å². The number of ether oxygens (including phenoxy) is 2. The van der Waals surface area contributed by atoms with Gasteiger partial charge in [-0.15, -0.1) is 10.2 Å². The van der Waals surface area contributed by atoms with Crippen LogP contribution >= 0.6 is 0 Å². The Balaban J connectivity index is 2.06. The maximum absolute atomic E-state index is 13.4. The Morgan fingerprint density at radius 1 is 1.15 bits per heavy atom. The number of methoxy groups -OCH3 is 1. The van der Waals surface area contributed by atoms with Gasteiger partial charge in [-0.05, 0) is 36.8 Å². The summed E-state index contributed by atoms with van der Waals surface area (Å²) in [7, 11) is 1.30. The smallest absolute Gasteiger partial charge is 0.435 e. The van der Waals surface area contributed by atoms with Crippen molar-refractivity contribution >= 4 is 17.5 Å². The van der Waals surface area contributed by atoms with Crippen LogP contribution in [0, 0.1) is 18.3 Å². The largest absolute Gasteiger partial charge is 0.493 e. The normalized spacial score (nSPS) is 10.8. The van der Waals surface area contributed by atoms with E-state index in [-0.39, 0.29) is 28.4 Å². The molecule has 0 spiro atoms. The average Bonchev–Trinajstić information content (AvgIpc) is 2.78. The Hall–Kier alpha value is -4.73. The number of nitriles is 1. The summed E-state index contributed by atoms with van der Waals surface area (Å²) in [5, 5.41) is 18.0. The Kier molecular flexibility index (Phi) is 6.62. The van der Waals surface area contributed by atoms with Crippen molar-refractivity contribution < 1.29 is 32.2 Å². The van der Waals surface area contributed by atoms with Crippen LogP contribution in [0.15, 0.2) is 36.5 Å². The van der Waals surface area contributed by atoms with Crippen molar-refractivity contribution in [2.45, 2.75) is 13.1 Å².